The van der Waals surface area contributed by atoms with Crippen LogP contribution < -0.4 is 10.1 Å². The van der Waals surface area contributed by atoms with Gasteiger partial charge in [0.25, 0.3) is 0 Å². The van der Waals surface area contributed by atoms with Crippen molar-refractivity contribution >= 4 is 17.4 Å². The van der Waals surface area contributed by atoms with E-state index in [9.17, 15) is 9.59 Å². The first-order chi connectivity index (χ1) is 16.6. The van der Waals surface area contributed by atoms with Gasteiger partial charge in [-0.15, -0.1) is 0 Å². The van der Waals surface area contributed by atoms with E-state index in [0.717, 1.165) is 38.5 Å². The Morgan fingerprint density at radius 3 is 2.18 bits per heavy atom. The molecule has 6 nitrogen and oxygen atoms in total. The minimum absolute atomic E-state index is 0.101. The largest absolute Gasteiger partial charge is 0.492 e. The molecule has 1 heterocycles. The molecule has 3 aromatic rings. The number of piperazine rings is 1. The van der Waals surface area contributed by atoms with Crippen LogP contribution in [0.2, 0.25) is 0 Å². The van der Waals surface area contributed by atoms with Crippen molar-refractivity contribution in [3.8, 4) is 5.75 Å². The van der Waals surface area contributed by atoms with Gasteiger partial charge in [0.1, 0.15) is 12.4 Å². The SMILES string of the molecule is C[C@@H](C(=O)Nc1ccccc1C(=O)c1ccccc1)N1CCN(CCOc2ccccc2)CC1. The van der Waals surface area contributed by atoms with Crippen molar-refractivity contribution in [2.24, 2.45) is 0 Å². The summed E-state index contributed by atoms with van der Waals surface area (Å²) < 4.78 is 5.80. The quantitative estimate of drug-likeness (QED) is 0.493. The molecule has 1 atom stereocenters. The monoisotopic (exact) mass is 457 g/mol. The number of hydrogen-bond acceptors (Lipinski definition) is 5. The number of anilines is 1. The fourth-order valence-corrected chi connectivity index (χ4v) is 4.12. The van der Waals surface area contributed by atoms with Crippen LogP contribution in [0.1, 0.15) is 22.8 Å². The van der Waals surface area contributed by atoms with Gasteiger partial charge in [-0.05, 0) is 31.2 Å². The van der Waals surface area contributed by atoms with E-state index in [1.807, 2.05) is 67.6 Å². The first kappa shape index (κ1) is 23.7. The Bertz CT molecular complexity index is 1080. The normalized spacial score (nSPS) is 15.4. The molecule has 1 saturated heterocycles. The second-order valence-electron chi connectivity index (χ2n) is 8.45. The van der Waals surface area contributed by atoms with Gasteiger partial charge in [-0.1, -0.05) is 60.7 Å². The number of benzene rings is 3. The molecule has 0 unspecified atom stereocenters. The Morgan fingerprint density at radius 2 is 1.47 bits per heavy atom. The number of hydrogen-bond donors (Lipinski definition) is 1. The van der Waals surface area contributed by atoms with Crippen molar-refractivity contribution in [2.45, 2.75) is 13.0 Å². The number of ether oxygens (including phenoxy) is 1. The summed E-state index contributed by atoms with van der Waals surface area (Å²) in [5, 5.41) is 2.99. The molecule has 0 aliphatic carbocycles. The van der Waals surface area contributed by atoms with Crippen molar-refractivity contribution in [2.75, 3.05) is 44.6 Å². The molecular formula is C28H31N3O3. The molecule has 1 N–H and O–H groups in total. The first-order valence-corrected chi connectivity index (χ1v) is 11.8. The van der Waals surface area contributed by atoms with Crippen molar-refractivity contribution < 1.29 is 14.3 Å². The van der Waals surface area contributed by atoms with E-state index >= 15 is 0 Å². The number of nitrogens with one attached hydrogen (secondary N) is 1. The molecule has 176 valence electrons. The molecule has 0 radical (unpaired) electrons. The van der Waals surface area contributed by atoms with Crippen LogP contribution in [0, 0.1) is 0 Å². The molecule has 3 aromatic carbocycles. The van der Waals surface area contributed by atoms with Crippen LogP contribution in [-0.4, -0.2) is 66.9 Å². The van der Waals surface area contributed by atoms with E-state index < -0.39 is 0 Å². The standard InChI is InChI=1S/C28H31N3O3/c1-22(31-18-16-30(17-19-31)20-21-34-24-12-6-3-7-13-24)28(33)29-26-15-9-8-14-25(26)27(32)23-10-4-2-5-11-23/h2-15,22H,16-21H2,1H3,(H,29,33)/t22-/m0/s1. The van der Waals surface area contributed by atoms with Crippen LogP contribution in [-0.2, 0) is 4.79 Å². The fourth-order valence-electron chi connectivity index (χ4n) is 4.12. The predicted molar refractivity (Wildman–Crippen MR) is 134 cm³/mol. The van der Waals surface area contributed by atoms with Crippen LogP contribution in [0.25, 0.3) is 0 Å². The lowest BCUT2D eigenvalue weighted by molar-refractivity contribution is -0.121. The van der Waals surface area contributed by atoms with Gasteiger partial charge in [0.2, 0.25) is 5.91 Å². The predicted octanol–water partition coefficient (Wildman–Crippen LogP) is 3.94. The summed E-state index contributed by atoms with van der Waals surface area (Å²) in [5.41, 5.74) is 1.65. The summed E-state index contributed by atoms with van der Waals surface area (Å²) >= 11 is 0. The molecular weight excluding hydrogens is 426 g/mol. The topological polar surface area (TPSA) is 61.9 Å². The molecule has 4 rings (SSSR count). The zero-order chi connectivity index (χ0) is 23.8. The van der Waals surface area contributed by atoms with Crippen molar-refractivity contribution in [3.05, 3.63) is 96.1 Å². The second-order valence-corrected chi connectivity index (χ2v) is 8.45. The minimum atomic E-state index is -0.289. The van der Waals surface area contributed by atoms with Gasteiger partial charge in [0.05, 0.1) is 11.7 Å². The van der Waals surface area contributed by atoms with E-state index in [4.69, 9.17) is 4.74 Å². The van der Waals surface area contributed by atoms with E-state index in [2.05, 4.69) is 15.1 Å². The molecule has 1 amide bonds. The molecule has 0 saturated carbocycles. The van der Waals surface area contributed by atoms with Crippen molar-refractivity contribution in [3.63, 3.8) is 0 Å². The molecule has 0 aromatic heterocycles. The zero-order valence-electron chi connectivity index (χ0n) is 19.5. The summed E-state index contributed by atoms with van der Waals surface area (Å²) in [5.74, 6) is 0.683. The second kappa shape index (κ2) is 11.6. The molecule has 34 heavy (non-hydrogen) atoms. The van der Waals surface area contributed by atoms with Gasteiger partial charge in [-0.2, -0.15) is 0 Å². The summed E-state index contributed by atoms with van der Waals surface area (Å²) in [4.78, 5) is 30.5. The minimum Gasteiger partial charge on any atom is -0.492 e. The Balaban J connectivity index is 1.28. The van der Waals surface area contributed by atoms with Crippen LogP contribution in [0.15, 0.2) is 84.9 Å². The van der Waals surface area contributed by atoms with Crippen LogP contribution >= 0.6 is 0 Å². The Labute approximate surface area is 201 Å². The molecule has 6 heteroatoms. The maximum atomic E-state index is 13.0. The highest BCUT2D eigenvalue weighted by Crippen LogP contribution is 2.20. The van der Waals surface area contributed by atoms with Gasteiger partial charge in [-0.3, -0.25) is 19.4 Å². The number of amides is 1. The van der Waals surface area contributed by atoms with Crippen molar-refractivity contribution in [1.29, 1.82) is 0 Å². The molecule has 0 spiro atoms. The highest BCUT2D eigenvalue weighted by atomic mass is 16.5. The highest BCUT2D eigenvalue weighted by molar-refractivity contribution is 6.14. The summed E-state index contributed by atoms with van der Waals surface area (Å²) in [6.07, 6.45) is 0. The van der Waals surface area contributed by atoms with Crippen LogP contribution in [0.5, 0.6) is 5.75 Å². The number of carbonyl (C=O) groups excluding carboxylic acids is 2. The maximum Gasteiger partial charge on any atom is 0.241 e. The lowest BCUT2D eigenvalue weighted by Crippen LogP contribution is -2.53. The third-order valence-corrected chi connectivity index (χ3v) is 6.22. The summed E-state index contributed by atoms with van der Waals surface area (Å²) in [6.45, 7) is 6.82. The number of rotatable bonds is 9. The van der Waals surface area contributed by atoms with Gasteiger partial charge >= 0.3 is 0 Å². The third-order valence-electron chi connectivity index (χ3n) is 6.22. The van der Waals surface area contributed by atoms with Gasteiger partial charge in [0.15, 0.2) is 5.78 Å². The number of para-hydroxylation sites is 2. The summed E-state index contributed by atoms with van der Waals surface area (Å²) in [6, 6.07) is 25.9. The molecule has 1 aliphatic heterocycles. The Morgan fingerprint density at radius 1 is 0.853 bits per heavy atom. The molecule has 1 fully saturated rings. The van der Waals surface area contributed by atoms with E-state index in [0.29, 0.717) is 23.4 Å². The smallest absolute Gasteiger partial charge is 0.241 e. The fraction of sp³-hybridized carbons (Fsp3) is 0.286. The maximum absolute atomic E-state index is 13.0. The van der Waals surface area contributed by atoms with Crippen LogP contribution in [0.4, 0.5) is 5.69 Å². The Hall–Kier alpha value is -3.48. The third kappa shape index (κ3) is 6.10. The first-order valence-electron chi connectivity index (χ1n) is 11.8. The number of nitrogens with zero attached hydrogens (tertiary/aromatic N) is 2. The Kier molecular flexibility index (Phi) is 8.07. The average molecular weight is 458 g/mol. The molecule has 0 bridgehead atoms. The van der Waals surface area contributed by atoms with Crippen molar-refractivity contribution in [1.82, 2.24) is 9.80 Å². The molecule has 1 aliphatic rings. The van der Waals surface area contributed by atoms with Gasteiger partial charge in [0, 0.05) is 43.9 Å². The lowest BCUT2D eigenvalue weighted by Gasteiger charge is -2.37. The van der Waals surface area contributed by atoms with Gasteiger partial charge < -0.3 is 10.1 Å². The van der Waals surface area contributed by atoms with E-state index in [1.165, 1.54) is 0 Å². The lowest BCUT2D eigenvalue weighted by atomic mass is 10.0. The highest BCUT2D eigenvalue weighted by Gasteiger charge is 2.26. The average Bonchev–Trinajstić information content (AvgIpc) is 2.90. The summed E-state index contributed by atoms with van der Waals surface area (Å²) in [7, 11) is 0. The van der Waals surface area contributed by atoms with E-state index in [1.54, 1.807) is 24.3 Å². The van der Waals surface area contributed by atoms with E-state index in [-0.39, 0.29) is 17.7 Å². The van der Waals surface area contributed by atoms with Gasteiger partial charge in [-0.25, -0.2) is 0 Å². The zero-order valence-corrected chi connectivity index (χ0v) is 19.5. The van der Waals surface area contributed by atoms with Crippen LogP contribution in [0.3, 0.4) is 0 Å². The number of ketones is 1. The number of carbonyl (C=O) groups is 2.